The van der Waals surface area contributed by atoms with Gasteiger partial charge in [0, 0.05) is 33.5 Å². The zero-order valence-corrected chi connectivity index (χ0v) is 23.0. The molecule has 2 aromatic heterocycles. The summed E-state index contributed by atoms with van der Waals surface area (Å²) in [5.41, 5.74) is 5.70. The van der Waals surface area contributed by atoms with E-state index in [0.29, 0.717) is 16.3 Å². The smallest absolute Gasteiger partial charge is 0.295 e. The Hall–Kier alpha value is -4.06. The number of pyridine rings is 1. The summed E-state index contributed by atoms with van der Waals surface area (Å²) in [6.07, 6.45) is 3.14. The second-order valence-electron chi connectivity index (χ2n) is 8.65. The fourth-order valence-electron chi connectivity index (χ4n) is 4.48. The summed E-state index contributed by atoms with van der Waals surface area (Å²) in [6, 6.07) is 4.86. The van der Waals surface area contributed by atoms with Crippen molar-refractivity contribution in [1.29, 1.82) is 0 Å². The van der Waals surface area contributed by atoms with Crippen LogP contribution in [0.1, 0.15) is 5.69 Å². The van der Waals surface area contributed by atoms with Gasteiger partial charge in [-0.25, -0.2) is 9.55 Å². The number of thiazole rings is 1. The number of aromatic nitrogens is 2. The Morgan fingerprint density at radius 3 is 2.80 bits per heavy atom. The number of hydrogen-bond donors (Lipinski definition) is 3. The predicted octanol–water partition coefficient (Wildman–Crippen LogP) is -1.13. The van der Waals surface area contributed by atoms with Crippen molar-refractivity contribution in [3.05, 3.63) is 59.0 Å². The van der Waals surface area contributed by atoms with Crippen LogP contribution in [0.3, 0.4) is 0 Å². The summed E-state index contributed by atoms with van der Waals surface area (Å²) in [6.45, 7) is 0.0613. The molecule has 0 aliphatic carbocycles. The Morgan fingerprint density at radius 1 is 1.38 bits per heavy atom. The maximum absolute atomic E-state index is 13.1. The molecule has 1 fully saturated rings. The molecule has 2 atom stereocenters. The van der Waals surface area contributed by atoms with E-state index in [9.17, 15) is 32.5 Å². The number of nitrogens with two attached hydrogens (primary N) is 1. The molecule has 5 rings (SSSR count). The number of rotatable bonds is 8. The molecule has 1 unspecified atom stereocenters. The monoisotopic (exact) mass is 604 g/mol. The summed E-state index contributed by atoms with van der Waals surface area (Å²) in [4.78, 5) is 47.7. The second kappa shape index (κ2) is 10.5. The number of aliphatic carboxylic acids is 1. The summed E-state index contributed by atoms with van der Waals surface area (Å²) in [5, 5.41) is 20.2. The van der Waals surface area contributed by atoms with Crippen molar-refractivity contribution < 1.29 is 41.9 Å². The Bertz CT molecular complexity index is 1730. The summed E-state index contributed by atoms with van der Waals surface area (Å²) >= 11 is 2.35. The number of benzene rings is 1. The molecule has 2 amide bonds. The molecule has 14 nitrogen and oxygen atoms in total. The van der Waals surface area contributed by atoms with E-state index in [0.717, 1.165) is 16.2 Å². The highest BCUT2D eigenvalue weighted by molar-refractivity contribution is 8.00. The van der Waals surface area contributed by atoms with Crippen molar-refractivity contribution in [3.8, 4) is 0 Å². The highest BCUT2D eigenvalue weighted by atomic mass is 32.2. The number of nitrogens with one attached hydrogen (secondary N) is 1. The summed E-state index contributed by atoms with van der Waals surface area (Å²) in [7, 11) is -3.20. The molecule has 0 saturated carbocycles. The van der Waals surface area contributed by atoms with Gasteiger partial charge in [-0.2, -0.15) is 8.42 Å². The molecule has 17 heteroatoms. The fourth-order valence-corrected chi connectivity index (χ4v) is 7.08. The Labute approximate surface area is 234 Å². The molecule has 3 aromatic rings. The third-order valence-electron chi connectivity index (χ3n) is 6.18. The van der Waals surface area contributed by atoms with Crippen molar-refractivity contribution >= 4 is 72.6 Å². The molecule has 4 heterocycles. The average Bonchev–Trinajstić information content (AvgIpc) is 3.34. The van der Waals surface area contributed by atoms with Gasteiger partial charge >= 0.3 is 0 Å². The van der Waals surface area contributed by atoms with Gasteiger partial charge < -0.3 is 25.8 Å². The van der Waals surface area contributed by atoms with Gasteiger partial charge in [0.15, 0.2) is 29.8 Å². The van der Waals surface area contributed by atoms with Crippen LogP contribution in [0, 0.1) is 0 Å². The van der Waals surface area contributed by atoms with Gasteiger partial charge in [0.2, 0.25) is 0 Å². The molecule has 0 radical (unpaired) electrons. The molecular weight excluding hydrogens is 584 g/mol. The number of carbonyl (C=O) groups excluding carboxylic acids is 3. The number of fused-ring (bicyclic) bond motifs is 2. The lowest BCUT2D eigenvalue weighted by molar-refractivity contribution is -0.687. The van der Waals surface area contributed by atoms with E-state index in [-0.39, 0.29) is 39.4 Å². The van der Waals surface area contributed by atoms with Gasteiger partial charge in [0.05, 0.1) is 11.7 Å². The number of carboxylic acids is 1. The van der Waals surface area contributed by atoms with Gasteiger partial charge in [0.1, 0.15) is 29.1 Å². The largest absolute Gasteiger partial charge is 0.543 e. The van der Waals surface area contributed by atoms with Gasteiger partial charge in [-0.15, -0.1) is 23.1 Å². The fraction of sp³-hybridized carbons (Fsp3) is 0.217. The van der Waals surface area contributed by atoms with E-state index >= 15 is 0 Å². The Kier molecular flexibility index (Phi) is 7.21. The maximum atomic E-state index is 13.1. The number of oxime groups is 1. The molecule has 1 aromatic carbocycles. The number of carbonyl (C=O) groups is 3. The van der Waals surface area contributed by atoms with Crippen molar-refractivity contribution in [3.63, 3.8) is 0 Å². The zero-order valence-electron chi connectivity index (χ0n) is 20.5. The maximum Gasteiger partial charge on any atom is 0.295 e. The van der Waals surface area contributed by atoms with Crippen LogP contribution in [-0.2, 0) is 35.9 Å². The highest BCUT2D eigenvalue weighted by Gasteiger charge is 2.53. The number of anilines is 1. The molecule has 40 heavy (non-hydrogen) atoms. The Morgan fingerprint density at radius 2 is 2.15 bits per heavy atom. The number of thioether (sulfide) groups is 1. The van der Waals surface area contributed by atoms with Gasteiger partial charge in [-0.1, -0.05) is 11.2 Å². The molecule has 0 bridgehead atoms. The first kappa shape index (κ1) is 27.5. The van der Waals surface area contributed by atoms with E-state index in [1.165, 1.54) is 48.6 Å². The quantitative estimate of drug-likeness (QED) is 0.0921. The molecule has 208 valence electrons. The van der Waals surface area contributed by atoms with E-state index in [4.69, 9.17) is 10.6 Å². The van der Waals surface area contributed by atoms with Gasteiger partial charge in [-0.3, -0.25) is 19.0 Å². The summed E-state index contributed by atoms with van der Waals surface area (Å²) in [5.74, 6) is -2.72. The minimum absolute atomic E-state index is 0.0613. The number of carboxylic acid groups (broad SMARTS) is 1. The van der Waals surface area contributed by atoms with E-state index in [1.807, 2.05) is 0 Å². The molecule has 0 spiro atoms. The number of amides is 2. The predicted molar refractivity (Wildman–Crippen MR) is 141 cm³/mol. The molecule has 2 aliphatic heterocycles. The van der Waals surface area contributed by atoms with E-state index in [2.05, 4.69) is 15.5 Å². The lowest BCUT2D eigenvalue weighted by Crippen LogP contribution is -2.71. The number of nitrogen functional groups attached to an aromatic ring is 1. The van der Waals surface area contributed by atoms with Crippen LogP contribution in [0.2, 0.25) is 0 Å². The highest BCUT2D eigenvalue weighted by Crippen LogP contribution is 2.40. The Balaban J connectivity index is 1.38. The van der Waals surface area contributed by atoms with Crippen LogP contribution in [0.4, 0.5) is 5.13 Å². The van der Waals surface area contributed by atoms with Crippen LogP contribution in [0.25, 0.3) is 10.8 Å². The van der Waals surface area contributed by atoms with E-state index in [1.54, 1.807) is 16.8 Å². The first-order valence-electron chi connectivity index (χ1n) is 11.4. The van der Waals surface area contributed by atoms with Crippen LogP contribution < -0.4 is 20.7 Å². The third-order valence-corrected chi connectivity index (χ3v) is 9.10. The van der Waals surface area contributed by atoms with Gasteiger partial charge in [-0.05, 0) is 12.1 Å². The lowest BCUT2D eigenvalue weighted by Gasteiger charge is -2.50. The van der Waals surface area contributed by atoms with Gasteiger partial charge in [0.25, 0.3) is 21.9 Å². The first-order chi connectivity index (χ1) is 19.0. The molecule has 2 aliphatic rings. The van der Waals surface area contributed by atoms with Crippen molar-refractivity contribution in [2.45, 2.75) is 22.9 Å². The van der Waals surface area contributed by atoms with Crippen molar-refractivity contribution in [2.24, 2.45) is 5.16 Å². The van der Waals surface area contributed by atoms with E-state index < -0.39 is 39.3 Å². The van der Waals surface area contributed by atoms with Crippen molar-refractivity contribution in [1.82, 2.24) is 15.2 Å². The van der Waals surface area contributed by atoms with Crippen LogP contribution in [0.15, 0.2) is 63.4 Å². The first-order valence-corrected chi connectivity index (χ1v) is 14.8. The minimum Gasteiger partial charge on any atom is -0.543 e. The second-order valence-corrected chi connectivity index (χ2v) is 12.0. The SMILES string of the molecule is CON=C(C(=O)NC1C(=O)N2C(C(=O)[O-])=C(C[n+]3ccc4c(S(=O)(=O)O)cccc4c3)CS[C@@H]12)c1csc(N)n1. The molecule has 1 saturated heterocycles. The topological polar surface area (TPSA) is 208 Å². The van der Waals surface area contributed by atoms with Crippen LogP contribution >= 0.6 is 23.1 Å². The normalized spacial score (nSPS) is 19.3. The number of β-lactam (4-membered cyclic amide) rings is 1. The standard InChI is InChI=1S/C23H20N6O8S3/c1-37-27-16(14-10-39-23(24)25-14)19(30)26-17-20(31)29-18(22(32)33)12(9-38-21(17)29)8-28-6-5-13-11(7-28)3-2-4-15(13)40(34,35)36/h2-7,10,17,21H,8-9H2,1H3,(H4-,24,25,26,30,32,33,34,35,36)/t17?,21-/m0/s1. The molecular formula is C23H20N6O8S3. The zero-order chi connectivity index (χ0) is 28.8. The number of nitrogens with zero attached hydrogens (tertiary/aromatic N) is 4. The van der Waals surface area contributed by atoms with Crippen LogP contribution in [-0.4, -0.2) is 70.6 Å². The summed E-state index contributed by atoms with van der Waals surface area (Å²) < 4.78 is 34.5. The minimum atomic E-state index is -4.44. The third kappa shape index (κ3) is 4.99. The average molecular weight is 605 g/mol. The number of hydrogen-bond acceptors (Lipinski definition) is 12. The lowest BCUT2D eigenvalue weighted by atomic mass is 10.0. The van der Waals surface area contributed by atoms with Crippen molar-refractivity contribution in [2.75, 3.05) is 18.6 Å². The molecule has 4 N–H and O–H groups in total. The van der Waals surface area contributed by atoms with Crippen LogP contribution in [0.5, 0.6) is 0 Å².